The molecule has 0 aromatic rings. The Morgan fingerprint density at radius 1 is 0.567 bits per heavy atom. The Morgan fingerprint density at radius 2 is 0.967 bits per heavy atom. The minimum absolute atomic E-state index is 0.266. The highest BCUT2D eigenvalue weighted by Crippen LogP contribution is 2.23. The molecule has 10 atom stereocenters. The number of aliphatic hydroxyl groups excluding tert-OH is 7. The predicted molar refractivity (Wildman–Crippen MR) is 243 cm³/mol. The third kappa shape index (κ3) is 28.0. The molecule has 0 spiro atoms. The summed E-state index contributed by atoms with van der Waals surface area (Å²) in [6.07, 6.45) is 27.2. The molecule has 1 aliphatic rings. The van der Waals surface area contributed by atoms with E-state index in [1.54, 1.807) is 0 Å². The number of hydrogen-bond donors (Lipinski definition) is 8. The minimum Gasteiger partial charge on any atom is -0.394 e. The van der Waals surface area contributed by atoms with Gasteiger partial charge in [0.15, 0.2) is 6.29 Å². The van der Waals surface area contributed by atoms with Crippen LogP contribution in [0.2, 0.25) is 0 Å². The second-order valence-corrected chi connectivity index (χ2v) is 18.5. The Kier molecular flexibility index (Phi) is 36.7. The summed E-state index contributed by atoms with van der Waals surface area (Å²) in [7, 11) is 0. The molecule has 1 saturated heterocycles. The predicted octanol–water partition coefficient (Wildman–Crippen LogP) is 8.92. The largest absolute Gasteiger partial charge is 0.394 e. The summed E-state index contributed by atoms with van der Waals surface area (Å²) in [6.45, 7) is 5.79. The maximum atomic E-state index is 13.1. The van der Waals surface area contributed by atoms with E-state index >= 15 is 0 Å². The third-order valence-corrected chi connectivity index (χ3v) is 13.0. The van der Waals surface area contributed by atoms with Gasteiger partial charge in [-0.1, -0.05) is 220 Å². The summed E-state index contributed by atoms with van der Waals surface area (Å²) in [5.74, 6) is 0.122. The molecule has 1 aliphatic heterocycles. The van der Waals surface area contributed by atoms with E-state index in [0.29, 0.717) is 19.3 Å². The molecule has 8 N–H and O–H groups in total. The van der Waals surface area contributed by atoms with Crippen molar-refractivity contribution in [2.75, 3.05) is 13.2 Å². The maximum Gasteiger partial charge on any atom is 0.249 e. The molecule has 0 saturated carbocycles. The lowest BCUT2D eigenvalue weighted by Gasteiger charge is -2.40. The quantitative estimate of drug-likeness (QED) is 0.0275. The molecular formula is C49H97NO10. The SMILES string of the molecule is CCCCCCCCCCCCCCCCCCCCCCC(O)C(=O)NC(CO[C@H]1O[C@H](CO)[C@H](O)[C@H](O)[C@H]1O)C(O)C(O)CCCCCCCCCCCC(C)CC. The lowest BCUT2D eigenvalue weighted by atomic mass is 9.98. The number of nitrogens with one attached hydrogen (secondary N) is 1. The highest BCUT2D eigenvalue weighted by Gasteiger charge is 2.44. The smallest absolute Gasteiger partial charge is 0.249 e. The number of ether oxygens (including phenoxy) is 2. The van der Waals surface area contributed by atoms with Crippen molar-refractivity contribution in [2.45, 2.75) is 288 Å². The first-order valence-electron chi connectivity index (χ1n) is 25.3. The monoisotopic (exact) mass is 860 g/mol. The van der Waals surface area contributed by atoms with E-state index in [0.717, 1.165) is 44.4 Å². The topological polar surface area (TPSA) is 189 Å². The average molecular weight is 860 g/mol. The van der Waals surface area contributed by atoms with Crippen LogP contribution in [0.4, 0.5) is 0 Å². The zero-order chi connectivity index (χ0) is 44.2. The fourth-order valence-electron chi connectivity index (χ4n) is 8.36. The highest BCUT2D eigenvalue weighted by molar-refractivity contribution is 5.80. The van der Waals surface area contributed by atoms with Crippen LogP contribution in [0.3, 0.4) is 0 Å². The molecular weight excluding hydrogens is 763 g/mol. The fourth-order valence-corrected chi connectivity index (χ4v) is 8.36. The van der Waals surface area contributed by atoms with Gasteiger partial charge in [0, 0.05) is 0 Å². The van der Waals surface area contributed by atoms with Crippen LogP contribution in [0.5, 0.6) is 0 Å². The second-order valence-electron chi connectivity index (χ2n) is 18.5. The van der Waals surface area contributed by atoms with Crippen LogP contribution in [0.25, 0.3) is 0 Å². The lowest BCUT2D eigenvalue weighted by molar-refractivity contribution is -0.303. The third-order valence-electron chi connectivity index (χ3n) is 13.0. The summed E-state index contributed by atoms with van der Waals surface area (Å²) < 4.78 is 11.1. The average Bonchev–Trinajstić information content (AvgIpc) is 3.25. The van der Waals surface area contributed by atoms with Crippen LogP contribution < -0.4 is 5.32 Å². The minimum atomic E-state index is -1.66. The van der Waals surface area contributed by atoms with Gasteiger partial charge in [-0.25, -0.2) is 0 Å². The van der Waals surface area contributed by atoms with Gasteiger partial charge in [0.2, 0.25) is 5.91 Å². The number of carbonyl (C=O) groups is 1. The molecule has 0 radical (unpaired) electrons. The van der Waals surface area contributed by atoms with Crippen LogP contribution in [0.15, 0.2) is 0 Å². The molecule has 0 aromatic carbocycles. The van der Waals surface area contributed by atoms with Crippen LogP contribution in [0, 0.1) is 5.92 Å². The van der Waals surface area contributed by atoms with E-state index in [4.69, 9.17) is 9.47 Å². The molecule has 1 heterocycles. The Balaban J connectivity index is 2.37. The Morgan fingerprint density at radius 3 is 1.38 bits per heavy atom. The van der Waals surface area contributed by atoms with Crippen molar-refractivity contribution in [3.63, 3.8) is 0 Å². The van der Waals surface area contributed by atoms with Crippen molar-refractivity contribution in [1.82, 2.24) is 5.32 Å². The van der Waals surface area contributed by atoms with E-state index in [2.05, 4.69) is 26.1 Å². The zero-order valence-corrected chi connectivity index (χ0v) is 38.9. The maximum absolute atomic E-state index is 13.1. The molecule has 1 fully saturated rings. The normalized spacial score (nSPS) is 22.1. The van der Waals surface area contributed by atoms with Crippen LogP contribution in [-0.4, -0.2) is 110 Å². The molecule has 1 amide bonds. The van der Waals surface area contributed by atoms with Crippen molar-refractivity contribution in [1.29, 1.82) is 0 Å². The van der Waals surface area contributed by atoms with Gasteiger partial charge in [0.25, 0.3) is 0 Å². The molecule has 0 bridgehead atoms. The first-order valence-corrected chi connectivity index (χ1v) is 25.3. The van der Waals surface area contributed by atoms with Gasteiger partial charge in [-0.2, -0.15) is 0 Å². The van der Waals surface area contributed by atoms with Crippen molar-refractivity contribution >= 4 is 5.91 Å². The number of rotatable bonds is 42. The van der Waals surface area contributed by atoms with Gasteiger partial charge in [-0.3, -0.25) is 4.79 Å². The van der Waals surface area contributed by atoms with Gasteiger partial charge in [-0.15, -0.1) is 0 Å². The number of unbranched alkanes of at least 4 members (excludes halogenated alkanes) is 27. The van der Waals surface area contributed by atoms with E-state index in [9.17, 15) is 40.5 Å². The first kappa shape index (κ1) is 57.1. The highest BCUT2D eigenvalue weighted by atomic mass is 16.7. The summed E-state index contributed by atoms with van der Waals surface area (Å²) in [4.78, 5) is 13.1. The Bertz CT molecular complexity index is 959. The summed E-state index contributed by atoms with van der Waals surface area (Å²) in [5, 5.41) is 75.8. The molecule has 0 aliphatic carbocycles. The molecule has 60 heavy (non-hydrogen) atoms. The van der Waals surface area contributed by atoms with Gasteiger partial charge < -0.3 is 50.5 Å². The van der Waals surface area contributed by atoms with Crippen LogP contribution in [-0.2, 0) is 14.3 Å². The van der Waals surface area contributed by atoms with Crippen molar-refractivity contribution in [2.24, 2.45) is 5.92 Å². The molecule has 11 heteroatoms. The van der Waals surface area contributed by atoms with Gasteiger partial charge in [0.1, 0.15) is 36.6 Å². The van der Waals surface area contributed by atoms with E-state index < -0.39 is 74.2 Å². The number of aliphatic hydroxyl groups is 7. The van der Waals surface area contributed by atoms with Crippen molar-refractivity contribution < 1.29 is 50.0 Å². The summed E-state index contributed by atoms with van der Waals surface area (Å²) in [5.41, 5.74) is 0. The fraction of sp³-hybridized carbons (Fsp3) is 0.980. The van der Waals surface area contributed by atoms with Crippen molar-refractivity contribution in [3.8, 4) is 0 Å². The molecule has 5 unspecified atom stereocenters. The second kappa shape index (κ2) is 38.6. The van der Waals surface area contributed by atoms with Gasteiger partial charge >= 0.3 is 0 Å². The van der Waals surface area contributed by atoms with Gasteiger partial charge in [-0.05, 0) is 18.8 Å². The Hall–Kier alpha value is -0.890. The molecule has 11 nitrogen and oxygen atoms in total. The molecule has 1 rings (SSSR count). The lowest BCUT2D eigenvalue weighted by Crippen LogP contribution is -2.60. The molecule has 358 valence electrons. The number of amides is 1. The number of hydrogen-bond acceptors (Lipinski definition) is 10. The van der Waals surface area contributed by atoms with Crippen LogP contribution in [0.1, 0.15) is 233 Å². The van der Waals surface area contributed by atoms with E-state index in [1.807, 2.05) is 0 Å². The number of carbonyl (C=O) groups excluding carboxylic acids is 1. The first-order chi connectivity index (χ1) is 29.1. The van der Waals surface area contributed by atoms with E-state index in [-0.39, 0.29) is 6.42 Å². The summed E-state index contributed by atoms with van der Waals surface area (Å²) in [6, 6.07) is -1.16. The van der Waals surface area contributed by atoms with E-state index in [1.165, 1.54) is 148 Å². The standard InChI is InChI=1S/C49H97NO10/c1-4-6-7-8-9-10-11-12-13-14-15-16-17-18-19-20-23-27-30-33-36-42(53)48(58)50-40(38-59-49-47(57)46(56)45(55)43(37-51)60-49)44(54)41(52)35-32-29-26-24-21-22-25-28-31-34-39(3)5-2/h39-47,49,51-57H,4-38H2,1-3H3,(H,50,58)/t39?,40?,41?,42?,43-,44?,45+,46+,47-,49+/m1/s1. The molecule has 0 aromatic heterocycles. The van der Waals surface area contributed by atoms with Crippen LogP contribution >= 0.6 is 0 Å². The van der Waals surface area contributed by atoms with Crippen molar-refractivity contribution in [3.05, 3.63) is 0 Å². The zero-order valence-electron chi connectivity index (χ0n) is 38.9. The summed E-state index contributed by atoms with van der Waals surface area (Å²) >= 11 is 0. The Labute approximate surface area is 367 Å². The van der Waals surface area contributed by atoms with Gasteiger partial charge in [0.05, 0.1) is 25.4 Å².